The van der Waals surface area contributed by atoms with Crippen LogP contribution in [0, 0.1) is 0 Å². The van der Waals surface area contributed by atoms with Gasteiger partial charge in [0.05, 0.1) is 0 Å². The van der Waals surface area contributed by atoms with Crippen molar-refractivity contribution in [1.82, 2.24) is 0 Å². The van der Waals surface area contributed by atoms with Gasteiger partial charge in [0.15, 0.2) is 6.10 Å². The number of esters is 3. The Labute approximate surface area is 349 Å². The molecule has 1 atom stereocenters. The third-order valence-corrected chi connectivity index (χ3v) is 9.02. The third kappa shape index (κ3) is 43.3. The van der Waals surface area contributed by atoms with Gasteiger partial charge in [-0.05, 0) is 96.3 Å². The monoisotopic (exact) mass is 791 g/mol. The van der Waals surface area contributed by atoms with E-state index in [-0.39, 0.29) is 37.5 Å². The number of hydrogen-bond acceptors (Lipinski definition) is 6. The van der Waals surface area contributed by atoms with E-state index in [4.69, 9.17) is 14.2 Å². The van der Waals surface area contributed by atoms with E-state index in [1.165, 1.54) is 25.7 Å². The molecule has 0 aromatic heterocycles. The number of hydrogen-bond donors (Lipinski definition) is 0. The van der Waals surface area contributed by atoms with Crippen LogP contribution in [0.1, 0.15) is 188 Å². The summed E-state index contributed by atoms with van der Waals surface area (Å²) in [6.45, 7) is 6.28. The Morgan fingerprint density at radius 2 is 0.719 bits per heavy atom. The zero-order chi connectivity index (χ0) is 41.5. The van der Waals surface area contributed by atoms with E-state index in [1.807, 2.05) is 12.2 Å². The van der Waals surface area contributed by atoms with Crippen molar-refractivity contribution in [3.8, 4) is 0 Å². The van der Waals surface area contributed by atoms with Gasteiger partial charge >= 0.3 is 17.9 Å². The minimum Gasteiger partial charge on any atom is -0.462 e. The summed E-state index contributed by atoms with van der Waals surface area (Å²) in [7, 11) is 0. The van der Waals surface area contributed by atoms with Crippen molar-refractivity contribution in [3.05, 3.63) is 97.2 Å². The van der Waals surface area contributed by atoms with Crippen LogP contribution in [-0.4, -0.2) is 37.2 Å². The summed E-state index contributed by atoms with van der Waals surface area (Å²) in [6, 6.07) is 0. The first-order chi connectivity index (χ1) is 28.0. The summed E-state index contributed by atoms with van der Waals surface area (Å²) in [4.78, 5) is 37.6. The fourth-order valence-corrected chi connectivity index (χ4v) is 5.65. The molecule has 0 aliphatic heterocycles. The van der Waals surface area contributed by atoms with Crippen LogP contribution >= 0.6 is 0 Å². The fourth-order valence-electron chi connectivity index (χ4n) is 5.65. The van der Waals surface area contributed by atoms with Crippen molar-refractivity contribution in [3.63, 3.8) is 0 Å². The average Bonchev–Trinajstić information content (AvgIpc) is 3.21. The molecule has 0 rings (SSSR count). The summed E-state index contributed by atoms with van der Waals surface area (Å²) < 4.78 is 16.6. The van der Waals surface area contributed by atoms with Gasteiger partial charge in [0.2, 0.25) is 0 Å². The average molecular weight is 791 g/mol. The molecule has 0 heterocycles. The molecule has 0 aliphatic rings. The van der Waals surface area contributed by atoms with Crippen molar-refractivity contribution in [1.29, 1.82) is 0 Å². The Hall–Kier alpha value is -3.67. The maximum absolute atomic E-state index is 12.7. The van der Waals surface area contributed by atoms with Crippen molar-refractivity contribution in [2.24, 2.45) is 0 Å². The van der Waals surface area contributed by atoms with Crippen molar-refractivity contribution < 1.29 is 28.6 Å². The third-order valence-electron chi connectivity index (χ3n) is 9.02. The molecule has 0 amide bonds. The predicted octanol–water partition coefficient (Wildman–Crippen LogP) is 14.6. The highest BCUT2D eigenvalue weighted by atomic mass is 16.6. The van der Waals surface area contributed by atoms with Crippen LogP contribution in [0.4, 0.5) is 0 Å². The van der Waals surface area contributed by atoms with Crippen molar-refractivity contribution in [2.75, 3.05) is 13.2 Å². The lowest BCUT2D eigenvalue weighted by Gasteiger charge is -2.18. The summed E-state index contributed by atoms with van der Waals surface area (Å²) >= 11 is 0. The van der Waals surface area contributed by atoms with Crippen LogP contribution in [0.15, 0.2) is 97.2 Å². The first kappa shape index (κ1) is 53.3. The molecule has 0 aliphatic carbocycles. The van der Waals surface area contributed by atoms with E-state index in [9.17, 15) is 14.4 Å². The molecule has 0 bridgehead atoms. The normalized spacial score (nSPS) is 13.0. The first-order valence-corrected chi connectivity index (χ1v) is 22.7. The summed E-state index contributed by atoms with van der Waals surface area (Å²) in [5.74, 6) is -1.03. The topological polar surface area (TPSA) is 78.9 Å². The van der Waals surface area contributed by atoms with Gasteiger partial charge < -0.3 is 14.2 Å². The zero-order valence-corrected chi connectivity index (χ0v) is 36.6. The molecular formula is C51H82O6. The Kier molecular flexibility index (Phi) is 42.1. The molecule has 1 unspecified atom stereocenters. The Morgan fingerprint density at radius 1 is 0.368 bits per heavy atom. The molecule has 0 saturated carbocycles. The minimum absolute atomic E-state index is 0.110. The number of rotatable bonds is 39. The lowest BCUT2D eigenvalue weighted by Crippen LogP contribution is -2.30. The van der Waals surface area contributed by atoms with Gasteiger partial charge in [-0.1, -0.05) is 169 Å². The van der Waals surface area contributed by atoms with Crippen LogP contribution < -0.4 is 0 Å². The molecule has 0 fully saturated rings. The summed E-state index contributed by atoms with van der Waals surface area (Å²) in [5, 5.41) is 0. The molecular weight excluding hydrogens is 709 g/mol. The molecule has 6 heteroatoms. The van der Waals surface area contributed by atoms with Crippen LogP contribution in [0.25, 0.3) is 0 Å². The maximum Gasteiger partial charge on any atom is 0.306 e. The molecule has 57 heavy (non-hydrogen) atoms. The molecule has 0 aromatic rings. The van der Waals surface area contributed by atoms with E-state index < -0.39 is 6.10 Å². The standard InChI is InChI=1S/C51H82O6/c1-4-7-10-13-16-19-22-23-24-25-26-27-28-29-30-33-35-38-41-44-50(53)56-47-48(57-51(54)45-42-39-36-32-21-18-15-12-9-6-3)46-55-49(52)43-40-37-34-31-20-17-14-11-8-5-2/h7,10-12,14-16,19,23-24,26-27,29-30,35,38,48H,4-6,8-9,13,17-18,20-22,25,28,31-34,36-37,39-47H2,1-3H3/b10-7-,14-11-,15-12-,19-16-,24-23-,27-26-,30-29-,38-35-. The van der Waals surface area contributed by atoms with Gasteiger partial charge in [0, 0.05) is 19.3 Å². The summed E-state index contributed by atoms with van der Waals surface area (Å²) in [5.41, 5.74) is 0. The number of allylic oxidation sites excluding steroid dienone is 16. The molecule has 6 nitrogen and oxygen atoms in total. The number of carbonyl (C=O) groups is 3. The lowest BCUT2D eigenvalue weighted by atomic mass is 10.1. The Balaban J connectivity index is 4.48. The van der Waals surface area contributed by atoms with E-state index in [1.54, 1.807) is 0 Å². The second-order valence-corrected chi connectivity index (χ2v) is 14.6. The lowest BCUT2D eigenvalue weighted by molar-refractivity contribution is -0.166. The molecule has 0 saturated heterocycles. The molecule has 0 N–H and O–H groups in total. The SMILES string of the molecule is CC/C=C\C/C=C\C/C=C\C/C=C\C/C=C\C/C=C\CCC(=O)OCC(COC(=O)CCCCCCC/C=C\CCC)OC(=O)CCCCCCC/C=C\CCC. The molecule has 0 radical (unpaired) electrons. The van der Waals surface area contributed by atoms with Gasteiger partial charge in [-0.3, -0.25) is 14.4 Å². The first-order valence-electron chi connectivity index (χ1n) is 22.7. The molecule has 0 spiro atoms. The smallest absolute Gasteiger partial charge is 0.306 e. The van der Waals surface area contributed by atoms with Crippen molar-refractivity contribution >= 4 is 17.9 Å². The highest BCUT2D eigenvalue weighted by molar-refractivity contribution is 5.71. The molecule has 322 valence electrons. The number of unbranched alkanes of at least 4 members (excludes halogenated alkanes) is 12. The van der Waals surface area contributed by atoms with Crippen LogP contribution in [-0.2, 0) is 28.6 Å². The zero-order valence-electron chi connectivity index (χ0n) is 36.6. The second kappa shape index (κ2) is 45.0. The van der Waals surface area contributed by atoms with Gasteiger partial charge in [0.25, 0.3) is 0 Å². The fraction of sp³-hybridized carbons (Fsp3) is 0.627. The van der Waals surface area contributed by atoms with E-state index in [2.05, 4.69) is 106 Å². The predicted molar refractivity (Wildman–Crippen MR) is 242 cm³/mol. The van der Waals surface area contributed by atoms with Crippen LogP contribution in [0.2, 0.25) is 0 Å². The number of carbonyl (C=O) groups excluding carboxylic acids is 3. The largest absolute Gasteiger partial charge is 0.462 e. The quantitative estimate of drug-likeness (QED) is 0.0267. The van der Waals surface area contributed by atoms with Crippen LogP contribution in [0.3, 0.4) is 0 Å². The van der Waals surface area contributed by atoms with E-state index in [0.29, 0.717) is 19.3 Å². The Bertz CT molecular complexity index is 1180. The minimum atomic E-state index is -0.813. The maximum atomic E-state index is 12.7. The van der Waals surface area contributed by atoms with Gasteiger partial charge in [-0.25, -0.2) is 0 Å². The van der Waals surface area contributed by atoms with Gasteiger partial charge in [-0.15, -0.1) is 0 Å². The second-order valence-electron chi connectivity index (χ2n) is 14.6. The highest BCUT2D eigenvalue weighted by Gasteiger charge is 2.19. The molecule has 0 aromatic carbocycles. The van der Waals surface area contributed by atoms with Gasteiger partial charge in [-0.2, -0.15) is 0 Å². The Morgan fingerprint density at radius 3 is 1.18 bits per heavy atom. The van der Waals surface area contributed by atoms with E-state index >= 15 is 0 Å². The van der Waals surface area contributed by atoms with Gasteiger partial charge in [0.1, 0.15) is 13.2 Å². The number of ether oxygens (including phenoxy) is 3. The van der Waals surface area contributed by atoms with E-state index in [0.717, 1.165) is 116 Å². The van der Waals surface area contributed by atoms with Crippen molar-refractivity contribution in [2.45, 2.75) is 194 Å². The summed E-state index contributed by atoms with van der Waals surface area (Å²) in [6.07, 6.45) is 58.4. The van der Waals surface area contributed by atoms with Crippen LogP contribution in [0.5, 0.6) is 0 Å². The highest BCUT2D eigenvalue weighted by Crippen LogP contribution is 2.12.